The summed E-state index contributed by atoms with van der Waals surface area (Å²) < 4.78 is 5.55. The van der Waals surface area contributed by atoms with Crippen LogP contribution in [0.5, 0.6) is 0 Å². The van der Waals surface area contributed by atoms with Crippen LogP contribution in [0.1, 0.15) is 30.6 Å². The molecule has 0 radical (unpaired) electrons. The highest BCUT2D eigenvalue weighted by Crippen LogP contribution is 2.29. The lowest BCUT2D eigenvalue weighted by molar-refractivity contribution is 0.0697. The van der Waals surface area contributed by atoms with E-state index in [1.165, 1.54) is 0 Å². The van der Waals surface area contributed by atoms with Crippen molar-refractivity contribution >= 4 is 11.7 Å². The molecule has 0 saturated carbocycles. The molecule has 2 rings (SSSR count). The number of benzene rings is 1. The summed E-state index contributed by atoms with van der Waals surface area (Å²) >= 11 is 0. The summed E-state index contributed by atoms with van der Waals surface area (Å²) in [6.07, 6.45) is 1.11. The minimum absolute atomic E-state index is 0.0786. The van der Waals surface area contributed by atoms with Crippen molar-refractivity contribution in [2.24, 2.45) is 0 Å². The fourth-order valence-corrected chi connectivity index (χ4v) is 2.02. The number of rotatable bonds is 3. The molecule has 1 aliphatic heterocycles. The second kappa shape index (κ2) is 4.37. The molecule has 4 heteroatoms. The maximum Gasteiger partial charge on any atom is 0.335 e. The zero-order valence-corrected chi connectivity index (χ0v) is 10.1. The lowest BCUT2D eigenvalue weighted by atomic mass is 9.94. The third-order valence-electron chi connectivity index (χ3n) is 3.45. The monoisotopic (exact) mass is 235 g/mol. The van der Waals surface area contributed by atoms with Crippen molar-refractivity contribution in [3.05, 3.63) is 29.8 Å². The molecule has 1 saturated heterocycles. The van der Waals surface area contributed by atoms with Gasteiger partial charge in [-0.25, -0.2) is 4.79 Å². The van der Waals surface area contributed by atoms with Crippen molar-refractivity contribution in [2.75, 3.05) is 11.9 Å². The van der Waals surface area contributed by atoms with Crippen LogP contribution in [0, 0.1) is 0 Å². The number of carboxylic acid groups (broad SMARTS) is 1. The highest BCUT2D eigenvalue weighted by Gasteiger charge is 2.36. The van der Waals surface area contributed by atoms with Crippen LogP contribution in [0.4, 0.5) is 5.69 Å². The normalized spacial score (nSPS) is 28.0. The van der Waals surface area contributed by atoms with Crippen LogP contribution in [0.2, 0.25) is 0 Å². The Kier molecular flexibility index (Phi) is 3.07. The highest BCUT2D eigenvalue weighted by atomic mass is 16.5. The maximum absolute atomic E-state index is 10.7. The second-order valence-corrected chi connectivity index (χ2v) is 4.69. The number of hydrogen-bond acceptors (Lipinski definition) is 3. The van der Waals surface area contributed by atoms with Crippen LogP contribution >= 0.6 is 0 Å². The molecule has 0 aromatic heterocycles. The molecule has 92 valence electrons. The third kappa shape index (κ3) is 2.42. The van der Waals surface area contributed by atoms with E-state index in [-0.39, 0.29) is 11.6 Å². The Morgan fingerprint density at radius 1 is 1.47 bits per heavy atom. The van der Waals surface area contributed by atoms with Gasteiger partial charge in [0.2, 0.25) is 0 Å². The summed E-state index contributed by atoms with van der Waals surface area (Å²) in [5.41, 5.74) is 1.15. The topological polar surface area (TPSA) is 58.6 Å². The van der Waals surface area contributed by atoms with Crippen LogP contribution in [0.15, 0.2) is 24.3 Å². The molecular weight excluding hydrogens is 218 g/mol. The van der Waals surface area contributed by atoms with Crippen LogP contribution < -0.4 is 5.32 Å². The lowest BCUT2D eigenvalue weighted by Gasteiger charge is -2.30. The van der Waals surface area contributed by atoms with Crippen molar-refractivity contribution < 1.29 is 14.6 Å². The number of aromatic carboxylic acids is 1. The van der Waals surface area contributed by atoms with Crippen molar-refractivity contribution in [3.8, 4) is 0 Å². The summed E-state index contributed by atoms with van der Waals surface area (Å²) in [5.74, 6) is -0.902. The summed E-state index contributed by atoms with van der Waals surface area (Å²) in [7, 11) is 0. The van der Waals surface area contributed by atoms with Crippen LogP contribution in [0.25, 0.3) is 0 Å². The van der Waals surface area contributed by atoms with Gasteiger partial charge in [-0.2, -0.15) is 0 Å². The molecule has 2 atom stereocenters. The summed E-state index contributed by atoms with van der Waals surface area (Å²) in [4.78, 5) is 10.7. The molecule has 0 aliphatic carbocycles. The molecule has 0 spiro atoms. The SMILES string of the molecule is CC1OCCC1(C)Nc1ccc(C(=O)O)cc1. The predicted octanol–water partition coefficient (Wildman–Crippen LogP) is 2.36. The van der Waals surface area contributed by atoms with Gasteiger partial charge in [0.05, 0.1) is 17.2 Å². The first-order valence-corrected chi connectivity index (χ1v) is 5.74. The van der Waals surface area contributed by atoms with E-state index in [1.54, 1.807) is 24.3 Å². The third-order valence-corrected chi connectivity index (χ3v) is 3.45. The Labute approximate surface area is 101 Å². The maximum atomic E-state index is 10.7. The molecule has 1 heterocycles. The van der Waals surface area contributed by atoms with E-state index < -0.39 is 5.97 Å². The van der Waals surface area contributed by atoms with E-state index in [4.69, 9.17) is 9.84 Å². The smallest absolute Gasteiger partial charge is 0.335 e. The molecule has 2 unspecified atom stereocenters. The molecule has 0 amide bonds. The summed E-state index contributed by atoms with van der Waals surface area (Å²) in [6, 6.07) is 6.79. The minimum Gasteiger partial charge on any atom is -0.478 e. The van der Waals surface area contributed by atoms with Gasteiger partial charge in [0.1, 0.15) is 0 Å². The largest absolute Gasteiger partial charge is 0.478 e. The molecule has 1 fully saturated rings. The lowest BCUT2D eigenvalue weighted by Crippen LogP contribution is -2.41. The van der Waals surface area contributed by atoms with E-state index in [0.29, 0.717) is 5.56 Å². The summed E-state index contributed by atoms with van der Waals surface area (Å²) in [6.45, 7) is 4.93. The van der Waals surface area contributed by atoms with E-state index >= 15 is 0 Å². The van der Waals surface area contributed by atoms with E-state index in [0.717, 1.165) is 18.7 Å². The van der Waals surface area contributed by atoms with E-state index in [1.807, 2.05) is 6.92 Å². The van der Waals surface area contributed by atoms with Crippen LogP contribution in [0.3, 0.4) is 0 Å². The van der Waals surface area contributed by atoms with E-state index in [2.05, 4.69) is 12.2 Å². The number of nitrogens with one attached hydrogen (secondary N) is 1. The molecule has 1 aliphatic rings. The molecule has 2 N–H and O–H groups in total. The van der Waals surface area contributed by atoms with Gasteiger partial charge in [0.15, 0.2) is 0 Å². The van der Waals surface area contributed by atoms with Gasteiger partial charge in [0.25, 0.3) is 0 Å². The number of carboxylic acids is 1. The zero-order chi connectivity index (χ0) is 12.5. The van der Waals surface area contributed by atoms with Gasteiger partial charge in [-0.15, -0.1) is 0 Å². The van der Waals surface area contributed by atoms with E-state index in [9.17, 15) is 4.79 Å². The molecule has 1 aromatic rings. The quantitative estimate of drug-likeness (QED) is 0.844. The number of ether oxygens (including phenoxy) is 1. The number of carbonyl (C=O) groups is 1. The van der Waals surface area contributed by atoms with Gasteiger partial charge in [-0.05, 0) is 44.5 Å². The Balaban J connectivity index is 2.11. The first-order chi connectivity index (χ1) is 8.01. The average Bonchev–Trinajstić information content (AvgIpc) is 2.60. The van der Waals surface area contributed by atoms with Gasteiger partial charge in [-0.1, -0.05) is 0 Å². The van der Waals surface area contributed by atoms with Crippen LogP contribution in [-0.2, 0) is 4.74 Å². The molecule has 1 aromatic carbocycles. The Morgan fingerprint density at radius 3 is 2.59 bits per heavy atom. The van der Waals surface area contributed by atoms with Crippen molar-refractivity contribution in [1.82, 2.24) is 0 Å². The van der Waals surface area contributed by atoms with Crippen molar-refractivity contribution in [2.45, 2.75) is 31.9 Å². The van der Waals surface area contributed by atoms with Gasteiger partial charge in [-0.3, -0.25) is 0 Å². The Morgan fingerprint density at radius 2 is 2.12 bits per heavy atom. The Hall–Kier alpha value is -1.55. The summed E-state index contributed by atoms with van der Waals surface area (Å²) in [5, 5.41) is 12.2. The molecule has 17 heavy (non-hydrogen) atoms. The first-order valence-electron chi connectivity index (χ1n) is 5.74. The fraction of sp³-hybridized carbons (Fsp3) is 0.462. The highest BCUT2D eigenvalue weighted by molar-refractivity contribution is 5.88. The fourth-order valence-electron chi connectivity index (χ4n) is 2.02. The van der Waals surface area contributed by atoms with Gasteiger partial charge < -0.3 is 15.2 Å². The molecule has 0 bridgehead atoms. The standard InChI is InChI=1S/C13H17NO3/c1-9-13(2,7-8-17-9)14-11-5-3-10(4-6-11)12(15)16/h3-6,9,14H,7-8H2,1-2H3,(H,15,16). The molecule has 4 nitrogen and oxygen atoms in total. The zero-order valence-electron chi connectivity index (χ0n) is 10.1. The van der Waals surface area contributed by atoms with Gasteiger partial charge >= 0.3 is 5.97 Å². The predicted molar refractivity (Wildman–Crippen MR) is 65.5 cm³/mol. The van der Waals surface area contributed by atoms with Gasteiger partial charge in [0, 0.05) is 12.3 Å². The number of anilines is 1. The average molecular weight is 235 g/mol. The van der Waals surface area contributed by atoms with Crippen molar-refractivity contribution in [1.29, 1.82) is 0 Å². The number of hydrogen-bond donors (Lipinski definition) is 2. The first kappa shape index (κ1) is 11.9. The van der Waals surface area contributed by atoms with Crippen molar-refractivity contribution in [3.63, 3.8) is 0 Å². The van der Waals surface area contributed by atoms with Crippen LogP contribution in [-0.4, -0.2) is 29.3 Å². The second-order valence-electron chi connectivity index (χ2n) is 4.69. The molecular formula is C13H17NO3. The Bertz CT molecular complexity index is 415. The minimum atomic E-state index is -0.902.